The highest BCUT2D eigenvalue weighted by atomic mass is 31.2. The molecule has 0 aromatic carbocycles. The van der Waals surface area contributed by atoms with Crippen LogP contribution in [-0.4, -0.2) is 20.0 Å². The zero-order valence-electron chi connectivity index (χ0n) is 6.39. The van der Waals surface area contributed by atoms with Gasteiger partial charge in [0.25, 0.3) is 0 Å². The molecule has 0 nitrogen and oxygen atoms in total. The van der Waals surface area contributed by atoms with Crippen LogP contribution in [0, 0.1) is 0 Å². The Balaban J connectivity index is 2.66. The van der Waals surface area contributed by atoms with Gasteiger partial charge in [0.15, 0.2) is 0 Å². The Kier molecular flexibility index (Phi) is 1.77. The van der Waals surface area contributed by atoms with Crippen LogP contribution in [0.1, 0.15) is 6.42 Å². The van der Waals surface area contributed by atoms with Crippen LogP contribution < -0.4 is 0 Å². The maximum absolute atomic E-state index is 2.37. The Labute approximate surface area is 58.0 Å². The summed E-state index contributed by atoms with van der Waals surface area (Å²) in [5, 5.41) is 1.66. The quantitative estimate of drug-likeness (QED) is 0.492. The van der Waals surface area contributed by atoms with E-state index < -0.39 is 7.26 Å². The van der Waals surface area contributed by atoms with Gasteiger partial charge in [0.2, 0.25) is 0 Å². The van der Waals surface area contributed by atoms with Crippen LogP contribution in [0.3, 0.4) is 0 Å². The normalized spacial score (nSPS) is 18.3. The van der Waals surface area contributed by atoms with E-state index >= 15 is 0 Å². The number of allylic oxidation sites excluding steroid dienone is 4. The minimum absolute atomic E-state index is 0.665. The zero-order chi connectivity index (χ0) is 6.91. The molecule has 0 aromatic heterocycles. The monoisotopic (exact) mass is 141 g/mol. The summed E-state index contributed by atoms with van der Waals surface area (Å²) in [7, 11) is -0.665. The van der Waals surface area contributed by atoms with Crippen molar-refractivity contribution in [1.29, 1.82) is 0 Å². The van der Waals surface area contributed by atoms with Crippen molar-refractivity contribution in [2.75, 3.05) is 20.0 Å². The van der Waals surface area contributed by atoms with Crippen molar-refractivity contribution in [3.05, 3.63) is 23.5 Å². The van der Waals surface area contributed by atoms with Crippen LogP contribution in [-0.2, 0) is 0 Å². The Morgan fingerprint density at radius 1 is 1.33 bits per heavy atom. The van der Waals surface area contributed by atoms with E-state index in [1.807, 2.05) is 0 Å². The highest BCUT2D eigenvalue weighted by Gasteiger charge is 2.23. The van der Waals surface area contributed by atoms with Gasteiger partial charge in [0, 0.05) is 13.7 Å². The Bertz CT molecular complexity index is 158. The molecule has 1 aliphatic carbocycles. The van der Waals surface area contributed by atoms with Crippen molar-refractivity contribution in [2.45, 2.75) is 6.42 Å². The molecule has 1 aliphatic rings. The Hall–Kier alpha value is -0.0900. The minimum Gasteiger partial charge on any atom is -0.0767 e. The van der Waals surface area contributed by atoms with Crippen LogP contribution in [0.25, 0.3) is 0 Å². The second kappa shape index (κ2) is 2.27. The van der Waals surface area contributed by atoms with Gasteiger partial charge in [0.05, 0.1) is 25.3 Å². The summed E-state index contributed by atoms with van der Waals surface area (Å²) in [5.41, 5.74) is 0. The summed E-state index contributed by atoms with van der Waals surface area (Å²) in [6, 6.07) is 0. The molecule has 9 heavy (non-hydrogen) atoms. The van der Waals surface area contributed by atoms with Crippen molar-refractivity contribution in [2.24, 2.45) is 0 Å². The van der Waals surface area contributed by atoms with Gasteiger partial charge >= 0.3 is 0 Å². The lowest BCUT2D eigenvalue weighted by Gasteiger charge is -2.11. The van der Waals surface area contributed by atoms with E-state index in [4.69, 9.17) is 0 Å². The minimum atomic E-state index is -0.665. The predicted octanol–water partition coefficient (Wildman–Crippen LogP) is 2.74. The summed E-state index contributed by atoms with van der Waals surface area (Å²) in [4.78, 5) is 0. The second-order valence-electron chi connectivity index (χ2n) is 3.30. The summed E-state index contributed by atoms with van der Waals surface area (Å²) in [5.74, 6) is 0. The topological polar surface area (TPSA) is 0 Å². The van der Waals surface area contributed by atoms with E-state index in [1.165, 1.54) is 6.42 Å². The van der Waals surface area contributed by atoms with Gasteiger partial charge in [-0.2, -0.15) is 0 Å². The van der Waals surface area contributed by atoms with Gasteiger partial charge in [-0.25, -0.2) is 0 Å². The summed E-state index contributed by atoms with van der Waals surface area (Å²) >= 11 is 0. The molecule has 0 amide bonds. The first-order valence-electron chi connectivity index (χ1n) is 3.28. The molecule has 0 bridgehead atoms. The smallest absolute Gasteiger partial charge is 0.0744 e. The molecule has 50 valence electrons. The summed E-state index contributed by atoms with van der Waals surface area (Å²) < 4.78 is 0. The van der Waals surface area contributed by atoms with Crippen LogP contribution in [0.2, 0.25) is 0 Å². The number of hydrogen-bond acceptors (Lipinski definition) is 0. The first kappa shape index (κ1) is 7.02. The average molecular weight is 141 g/mol. The predicted molar refractivity (Wildman–Crippen MR) is 46.5 cm³/mol. The van der Waals surface area contributed by atoms with E-state index in [0.29, 0.717) is 0 Å². The van der Waals surface area contributed by atoms with Crippen molar-refractivity contribution in [3.63, 3.8) is 0 Å². The summed E-state index contributed by atoms with van der Waals surface area (Å²) in [6.07, 6.45) is 7.88. The highest BCUT2D eigenvalue weighted by molar-refractivity contribution is 7.77. The van der Waals surface area contributed by atoms with Gasteiger partial charge in [-0.1, -0.05) is 12.2 Å². The third kappa shape index (κ3) is 1.66. The third-order valence-corrected chi connectivity index (χ3v) is 3.67. The molecule has 0 radical (unpaired) electrons. The van der Waals surface area contributed by atoms with E-state index in [2.05, 4.69) is 38.2 Å². The van der Waals surface area contributed by atoms with Gasteiger partial charge < -0.3 is 0 Å². The van der Waals surface area contributed by atoms with Crippen molar-refractivity contribution in [1.82, 2.24) is 0 Å². The average Bonchev–Trinajstić information content (AvgIpc) is 2.08. The lowest BCUT2D eigenvalue weighted by molar-refractivity contribution is 1.39. The van der Waals surface area contributed by atoms with Crippen molar-refractivity contribution in [3.8, 4) is 0 Å². The molecule has 0 heterocycles. The third-order valence-electron chi connectivity index (χ3n) is 1.61. The van der Waals surface area contributed by atoms with Gasteiger partial charge in [-0.05, 0) is 6.08 Å². The maximum atomic E-state index is 2.37. The lowest BCUT2D eigenvalue weighted by Crippen LogP contribution is -1.86. The first-order valence-corrected chi connectivity index (χ1v) is 6.41. The molecule has 0 saturated heterocycles. The fraction of sp³-hybridized carbons (Fsp3) is 0.500. The molecule has 0 fully saturated rings. The number of rotatable bonds is 1. The van der Waals surface area contributed by atoms with Gasteiger partial charge in [0.1, 0.15) is 0 Å². The fourth-order valence-electron chi connectivity index (χ4n) is 0.933. The van der Waals surface area contributed by atoms with E-state index in [0.717, 1.165) is 0 Å². The molecule has 0 saturated carbocycles. The summed E-state index contributed by atoms with van der Waals surface area (Å²) in [6.45, 7) is 7.10. The standard InChI is InChI=1S/C8H14P/c1-9(2,3)8-6-4-5-7-8/h4-6H,7H2,1-3H3/q+1. The SMILES string of the molecule is C[P+](C)(C)C1=CC=CC1. The maximum Gasteiger partial charge on any atom is 0.0744 e. The molecular formula is C8H14P+. The van der Waals surface area contributed by atoms with Crippen LogP contribution >= 0.6 is 7.26 Å². The van der Waals surface area contributed by atoms with Crippen LogP contribution in [0.15, 0.2) is 23.5 Å². The molecule has 0 spiro atoms. The van der Waals surface area contributed by atoms with Crippen molar-refractivity contribution >= 4 is 7.26 Å². The van der Waals surface area contributed by atoms with E-state index in [9.17, 15) is 0 Å². The van der Waals surface area contributed by atoms with E-state index in [1.54, 1.807) is 5.31 Å². The Morgan fingerprint density at radius 3 is 2.22 bits per heavy atom. The van der Waals surface area contributed by atoms with Crippen LogP contribution in [0.4, 0.5) is 0 Å². The lowest BCUT2D eigenvalue weighted by atomic mass is 10.5. The molecule has 1 heteroatoms. The second-order valence-corrected chi connectivity index (χ2v) is 7.90. The fourth-order valence-corrected chi connectivity index (χ4v) is 2.12. The first-order chi connectivity index (χ1) is 4.11. The zero-order valence-corrected chi connectivity index (χ0v) is 7.28. The molecule has 0 aliphatic heterocycles. The Morgan fingerprint density at radius 2 is 2.00 bits per heavy atom. The van der Waals surface area contributed by atoms with Crippen LogP contribution in [0.5, 0.6) is 0 Å². The van der Waals surface area contributed by atoms with Gasteiger partial charge in [-0.15, -0.1) is 0 Å². The van der Waals surface area contributed by atoms with E-state index in [-0.39, 0.29) is 0 Å². The molecule has 0 N–H and O–H groups in total. The van der Waals surface area contributed by atoms with Crippen molar-refractivity contribution < 1.29 is 0 Å². The highest BCUT2D eigenvalue weighted by Crippen LogP contribution is 2.57. The largest absolute Gasteiger partial charge is 0.0767 e. The molecule has 1 rings (SSSR count). The van der Waals surface area contributed by atoms with Gasteiger partial charge in [-0.3, -0.25) is 0 Å². The molecular weight excluding hydrogens is 127 g/mol. The number of hydrogen-bond donors (Lipinski definition) is 0. The molecule has 0 unspecified atom stereocenters. The molecule has 0 aromatic rings. The molecule has 0 atom stereocenters.